The molecule has 1 aromatic rings. The van der Waals surface area contributed by atoms with Crippen LogP contribution in [0.15, 0.2) is 17.0 Å². The summed E-state index contributed by atoms with van der Waals surface area (Å²) < 4.78 is 103. The fourth-order valence-corrected chi connectivity index (χ4v) is 2.29. The van der Waals surface area contributed by atoms with Crippen molar-refractivity contribution in [1.82, 2.24) is 0 Å². The molecule has 114 valence electrons. The van der Waals surface area contributed by atoms with Gasteiger partial charge in [0, 0.05) is 0 Å². The maximum absolute atomic E-state index is 12.8. The van der Waals surface area contributed by atoms with Crippen LogP contribution in [-0.4, -0.2) is 15.5 Å². The van der Waals surface area contributed by atoms with Gasteiger partial charge in [-0.25, -0.2) is 13.6 Å². The first-order chi connectivity index (χ1) is 8.80. The van der Waals surface area contributed by atoms with E-state index in [1.165, 1.54) is 0 Å². The molecular weight excluding hydrogens is 316 g/mol. The molecular formula is C9H7F6NO3S. The Bertz CT molecular complexity index is 620. The third-order valence-corrected chi connectivity index (χ3v) is 3.18. The summed E-state index contributed by atoms with van der Waals surface area (Å²) in [6.07, 6.45) is -11.1. The lowest BCUT2D eigenvalue weighted by atomic mass is 10.1. The zero-order valence-electron chi connectivity index (χ0n) is 9.63. The maximum atomic E-state index is 12.8. The molecule has 0 atom stereocenters. The molecule has 2 N–H and O–H groups in total. The topological polar surface area (TPSA) is 69.4 Å². The highest BCUT2D eigenvalue weighted by Gasteiger charge is 2.48. The monoisotopic (exact) mass is 323 g/mol. The molecule has 0 amide bonds. The van der Waals surface area contributed by atoms with Gasteiger partial charge in [-0.05, 0) is 12.1 Å². The number of hydrogen-bond donors (Lipinski definition) is 1. The van der Waals surface area contributed by atoms with Crippen LogP contribution in [0.1, 0.15) is 11.1 Å². The van der Waals surface area contributed by atoms with Gasteiger partial charge < -0.3 is 4.74 Å². The van der Waals surface area contributed by atoms with E-state index in [0.29, 0.717) is 12.1 Å². The first-order valence-electron chi connectivity index (χ1n) is 4.68. The Morgan fingerprint density at radius 2 is 1.45 bits per heavy atom. The smallest absolute Gasteiger partial charge is 0.420 e. The third kappa shape index (κ3) is 3.15. The molecule has 0 aliphatic carbocycles. The van der Waals surface area contributed by atoms with Crippen molar-refractivity contribution in [1.29, 1.82) is 0 Å². The Morgan fingerprint density at radius 1 is 1.00 bits per heavy atom. The van der Waals surface area contributed by atoms with Crippen molar-refractivity contribution in [2.24, 2.45) is 5.14 Å². The number of hydrogen-bond acceptors (Lipinski definition) is 3. The molecule has 1 rings (SSSR count). The minimum absolute atomic E-state index is 0.312. The summed E-state index contributed by atoms with van der Waals surface area (Å²) in [6, 6.07) is 0.768. The van der Waals surface area contributed by atoms with Gasteiger partial charge in [0.05, 0.1) is 17.6 Å². The van der Waals surface area contributed by atoms with Crippen molar-refractivity contribution in [2.45, 2.75) is 17.2 Å². The van der Waals surface area contributed by atoms with Crippen LogP contribution < -0.4 is 9.88 Å². The molecule has 0 spiro atoms. The normalized spacial score (nSPS) is 13.4. The predicted octanol–water partition coefficient (Wildman–Crippen LogP) is 2.38. The van der Waals surface area contributed by atoms with Gasteiger partial charge in [0.1, 0.15) is 11.3 Å². The van der Waals surface area contributed by atoms with Gasteiger partial charge >= 0.3 is 12.4 Å². The number of alkyl halides is 6. The molecule has 0 aromatic heterocycles. The fourth-order valence-electron chi connectivity index (χ4n) is 1.53. The Balaban J connectivity index is 3.97. The van der Waals surface area contributed by atoms with Gasteiger partial charge in [0.2, 0.25) is 10.0 Å². The second-order valence-corrected chi connectivity index (χ2v) is 5.09. The number of benzene rings is 1. The van der Waals surface area contributed by atoms with Crippen molar-refractivity contribution in [2.75, 3.05) is 7.11 Å². The van der Waals surface area contributed by atoms with Crippen LogP contribution in [0.3, 0.4) is 0 Å². The van der Waals surface area contributed by atoms with Crippen molar-refractivity contribution < 1.29 is 39.5 Å². The number of primary sulfonamides is 1. The summed E-state index contributed by atoms with van der Waals surface area (Å²) in [7, 11) is -4.28. The van der Waals surface area contributed by atoms with Gasteiger partial charge in [0.25, 0.3) is 0 Å². The molecule has 0 unspecified atom stereocenters. The second-order valence-electron chi connectivity index (χ2n) is 3.56. The highest BCUT2D eigenvalue weighted by molar-refractivity contribution is 7.89. The van der Waals surface area contributed by atoms with Crippen LogP contribution in [0.4, 0.5) is 26.3 Å². The van der Waals surface area contributed by atoms with E-state index in [9.17, 15) is 34.8 Å². The number of halogens is 6. The fraction of sp³-hybridized carbons (Fsp3) is 0.333. The maximum Gasteiger partial charge on any atom is 0.420 e. The Hall–Kier alpha value is -1.49. The van der Waals surface area contributed by atoms with Crippen LogP contribution in [0.25, 0.3) is 0 Å². The summed E-state index contributed by atoms with van der Waals surface area (Å²) in [5.41, 5.74) is -4.63. The number of methoxy groups -OCH3 is 1. The van der Waals surface area contributed by atoms with Crippen molar-refractivity contribution in [3.63, 3.8) is 0 Å². The van der Waals surface area contributed by atoms with E-state index in [-0.39, 0.29) is 0 Å². The molecule has 20 heavy (non-hydrogen) atoms. The Labute approximate surface area is 109 Å². The summed E-state index contributed by atoms with van der Waals surface area (Å²) in [4.78, 5) is -1.67. The van der Waals surface area contributed by atoms with E-state index in [4.69, 9.17) is 0 Å². The van der Waals surface area contributed by atoms with Gasteiger partial charge in [-0.2, -0.15) is 26.3 Å². The summed E-state index contributed by atoms with van der Waals surface area (Å²) in [5.74, 6) is -1.16. The lowest BCUT2D eigenvalue weighted by Crippen LogP contribution is -2.24. The second kappa shape index (κ2) is 4.81. The molecule has 0 fully saturated rings. The zero-order chi connectivity index (χ0) is 15.9. The van der Waals surface area contributed by atoms with Crippen LogP contribution in [0, 0.1) is 0 Å². The molecule has 0 saturated heterocycles. The van der Waals surface area contributed by atoms with Gasteiger partial charge in [-0.1, -0.05) is 0 Å². The standard InChI is InChI=1S/C9H7F6NO3S/c1-19-4-2-3-5(20(16,17)18)7(9(13,14)15)6(4)8(10,11)12/h2-3H,1H3,(H2,16,17,18). The average Bonchev–Trinajstić information content (AvgIpc) is 2.23. The molecule has 0 radical (unpaired) electrons. The van der Waals surface area contributed by atoms with Crippen LogP contribution >= 0.6 is 0 Å². The first-order valence-corrected chi connectivity index (χ1v) is 6.23. The molecule has 0 bridgehead atoms. The number of ether oxygens (including phenoxy) is 1. The van der Waals surface area contributed by atoms with Crippen LogP contribution in [0.2, 0.25) is 0 Å². The van der Waals surface area contributed by atoms with Crippen LogP contribution in [0.5, 0.6) is 5.75 Å². The largest absolute Gasteiger partial charge is 0.496 e. The zero-order valence-corrected chi connectivity index (χ0v) is 10.4. The van der Waals surface area contributed by atoms with E-state index >= 15 is 0 Å². The van der Waals surface area contributed by atoms with Gasteiger partial charge in [0.15, 0.2) is 0 Å². The lowest BCUT2D eigenvalue weighted by molar-refractivity contribution is -0.164. The summed E-state index contributed by atoms with van der Waals surface area (Å²) >= 11 is 0. The first kappa shape index (κ1) is 16.6. The Morgan fingerprint density at radius 3 is 1.75 bits per heavy atom. The van der Waals surface area contributed by atoms with E-state index in [1.807, 2.05) is 0 Å². The van der Waals surface area contributed by atoms with Gasteiger partial charge in [-0.3, -0.25) is 0 Å². The molecule has 4 nitrogen and oxygen atoms in total. The molecule has 0 aliphatic rings. The predicted molar refractivity (Wildman–Crippen MR) is 54.4 cm³/mol. The van der Waals surface area contributed by atoms with Gasteiger partial charge in [-0.15, -0.1) is 0 Å². The minimum atomic E-state index is -5.58. The SMILES string of the molecule is COc1ccc(S(N)(=O)=O)c(C(F)(F)F)c1C(F)(F)F. The van der Waals surface area contributed by atoms with E-state index in [2.05, 4.69) is 9.88 Å². The van der Waals surface area contributed by atoms with E-state index < -0.39 is 44.1 Å². The summed E-state index contributed by atoms with van der Waals surface area (Å²) in [5, 5.41) is 4.52. The number of nitrogens with two attached hydrogens (primary N) is 1. The lowest BCUT2D eigenvalue weighted by Gasteiger charge is -2.20. The molecule has 0 saturated carbocycles. The quantitative estimate of drug-likeness (QED) is 0.850. The number of sulfonamides is 1. The van der Waals surface area contributed by atoms with Crippen molar-refractivity contribution in [3.8, 4) is 5.75 Å². The molecule has 0 aliphatic heterocycles. The summed E-state index contributed by atoms with van der Waals surface area (Å²) in [6.45, 7) is 0. The molecule has 0 heterocycles. The molecule has 1 aromatic carbocycles. The third-order valence-electron chi connectivity index (χ3n) is 2.22. The minimum Gasteiger partial charge on any atom is -0.496 e. The Kier molecular flexibility index (Phi) is 3.98. The highest BCUT2D eigenvalue weighted by atomic mass is 32.2. The average molecular weight is 323 g/mol. The molecule has 11 heteroatoms. The van der Waals surface area contributed by atoms with E-state index in [1.54, 1.807) is 0 Å². The van der Waals surface area contributed by atoms with E-state index in [0.717, 1.165) is 7.11 Å². The van der Waals surface area contributed by atoms with Crippen molar-refractivity contribution >= 4 is 10.0 Å². The highest BCUT2D eigenvalue weighted by Crippen LogP contribution is 2.47. The number of rotatable bonds is 2. The van der Waals surface area contributed by atoms with Crippen molar-refractivity contribution in [3.05, 3.63) is 23.3 Å². The van der Waals surface area contributed by atoms with Crippen LogP contribution in [-0.2, 0) is 22.4 Å².